The number of nitrogens with zero attached hydrogens (tertiary/aromatic N) is 5. The van der Waals surface area contributed by atoms with Crippen LogP contribution in [0.1, 0.15) is 54.4 Å². The molecule has 1 unspecified atom stereocenters. The minimum Gasteiger partial charge on any atom is -0.340 e. The first-order valence-electron chi connectivity index (χ1n) is 9.85. The SMILES string of the molecule is CCC1CCCCN1c1nc(C)cc(C(=O)N(C)CCc2ccncc2)n1. The van der Waals surface area contributed by atoms with Crippen molar-refractivity contribution in [3.8, 4) is 0 Å². The molecule has 0 bridgehead atoms. The molecular formula is C21H29N5O. The van der Waals surface area contributed by atoms with Crippen LogP contribution in [0.2, 0.25) is 0 Å². The largest absolute Gasteiger partial charge is 0.340 e. The van der Waals surface area contributed by atoms with E-state index < -0.39 is 0 Å². The summed E-state index contributed by atoms with van der Waals surface area (Å²) in [5.74, 6) is 0.647. The van der Waals surface area contributed by atoms with E-state index >= 15 is 0 Å². The number of likely N-dealkylation sites (N-methyl/N-ethyl adjacent to an activating group) is 1. The standard InChI is InChI=1S/C21H29N5O/c1-4-18-7-5-6-13-26(18)21-23-16(2)15-19(24-21)20(27)25(3)14-10-17-8-11-22-12-9-17/h8-9,11-12,15,18H,4-7,10,13-14H2,1-3H3. The summed E-state index contributed by atoms with van der Waals surface area (Å²) in [7, 11) is 1.83. The summed E-state index contributed by atoms with van der Waals surface area (Å²) in [6, 6.07) is 6.21. The minimum absolute atomic E-state index is 0.0548. The Morgan fingerprint density at radius 2 is 2.04 bits per heavy atom. The van der Waals surface area contributed by atoms with Gasteiger partial charge in [-0.1, -0.05) is 6.92 Å². The van der Waals surface area contributed by atoms with E-state index in [1.807, 2.05) is 26.1 Å². The summed E-state index contributed by atoms with van der Waals surface area (Å²) in [5.41, 5.74) is 2.49. The molecule has 6 heteroatoms. The molecule has 0 aromatic carbocycles. The van der Waals surface area contributed by atoms with E-state index in [1.54, 1.807) is 23.4 Å². The Morgan fingerprint density at radius 3 is 2.78 bits per heavy atom. The first-order chi connectivity index (χ1) is 13.1. The number of pyridine rings is 1. The molecule has 0 saturated carbocycles. The number of amides is 1. The third-order valence-electron chi connectivity index (χ3n) is 5.25. The summed E-state index contributed by atoms with van der Waals surface area (Å²) in [6.07, 6.45) is 9.01. The number of aryl methyl sites for hydroxylation is 1. The fourth-order valence-electron chi connectivity index (χ4n) is 3.62. The molecule has 0 N–H and O–H groups in total. The monoisotopic (exact) mass is 367 g/mol. The van der Waals surface area contributed by atoms with Gasteiger partial charge in [-0.3, -0.25) is 9.78 Å². The quantitative estimate of drug-likeness (QED) is 0.784. The highest BCUT2D eigenvalue weighted by molar-refractivity contribution is 5.92. The van der Waals surface area contributed by atoms with Gasteiger partial charge in [0.15, 0.2) is 0 Å². The van der Waals surface area contributed by atoms with Crippen molar-refractivity contribution in [2.75, 3.05) is 25.0 Å². The number of piperidine rings is 1. The van der Waals surface area contributed by atoms with Crippen LogP contribution in [0.5, 0.6) is 0 Å². The topological polar surface area (TPSA) is 62.2 Å². The number of anilines is 1. The van der Waals surface area contributed by atoms with Crippen molar-refractivity contribution in [3.63, 3.8) is 0 Å². The molecule has 2 aromatic heterocycles. The third-order valence-corrected chi connectivity index (χ3v) is 5.25. The van der Waals surface area contributed by atoms with Crippen molar-refractivity contribution in [2.24, 2.45) is 0 Å². The molecule has 0 aliphatic carbocycles. The maximum Gasteiger partial charge on any atom is 0.272 e. The highest BCUT2D eigenvalue weighted by atomic mass is 16.2. The van der Waals surface area contributed by atoms with Gasteiger partial charge < -0.3 is 9.80 Å². The van der Waals surface area contributed by atoms with Gasteiger partial charge in [0.2, 0.25) is 5.95 Å². The molecule has 6 nitrogen and oxygen atoms in total. The molecule has 3 heterocycles. The Balaban J connectivity index is 1.73. The van der Waals surface area contributed by atoms with Gasteiger partial charge >= 0.3 is 0 Å². The van der Waals surface area contributed by atoms with E-state index in [4.69, 9.17) is 0 Å². The van der Waals surface area contributed by atoms with Crippen LogP contribution in [0.25, 0.3) is 0 Å². The first kappa shape index (κ1) is 19.3. The van der Waals surface area contributed by atoms with Crippen molar-refractivity contribution in [3.05, 3.63) is 47.5 Å². The van der Waals surface area contributed by atoms with Crippen LogP contribution in [0, 0.1) is 6.92 Å². The minimum atomic E-state index is -0.0548. The number of rotatable bonds is 6. The second kappa shape index (κ2) is 8.93. The molecule has 1 aliphatic rings. The van der Waals surface area contributed by atoms with E-state index in [9.17, 15) is 4.79 Å². The number of hydrogen-bond acceptors (Lipinski definition) is 5. The third kappa shape index (κ3) is 4.81. The molecule has 1 aliphatic heterocycles. The Labute approximate surface area is 161 Å². The van der Waals surface area contributed by atoms with Gasteiger partial charge in [0.1, 0.15) is 5.69 Å². The van der Waals surface area contributed by atoms with Gasteiger partial charge in [-0.25, -0.2) is 9.97 Å². The summed E-state index contributed by atoms with van der Waals surface area (Å²) in [6.45, 7) is 5.75. The highest BCUT2D eigenvalue weighted by Gasteiger charge is 2.25. The van der Waals surface area contributed by atoms with E-state index in [-0.39, 0.29) is 5.91 Å². The molecule has 3 rings (SSSR count). The normalized spacial score (nSPS) is 17.0. The number of hydrogen-bond donors (Lipinski definition) is 0. The van der Waals surface area contributed by atoms with E-state index in [1.165, 1.54) is 18.4 Å². The Kier molecular flexibility index (Phi) is 6.37. The van der Waals surface area contributed by atoms with Crippen molar-refractivity contribution in [2.45, 2.75) is 52.0 Å². The summed E-state index contributed by atoms with van der Waals surface area (Å²) < 4.78 is 0. The van der Waals surface area contributed by atoms with E-state index in [0.29, 0.717) is 24.2 Å². The second-order valence-corrected chi connectivity index (χ2v) is 7.28. The lowest BCUT2D eigenvalue weighted by atomic mass is 10.0. The average molecular weight is 367 g/mol. The highest BCUT2D eigenvalue weighted by Crippen LogP contribution is 2.24. The molecule has 1 amide bonds. The van der Waals surface area contributed by atoms with E-state index in [2.05, 4.69) is 26.8 Å². The zero-order chi connectivity index (χ0) is 19.2. The fourth-order valence-corrected chi connectivity index (χ4v) is 3.62. The van der Waals surface area contributed by atoms with Crippen LogP contribution in [0.4, 0.5) is 5.95 Å². The summed E-state index contributed by atoms with van der Waals surface area (Å²) in [5, 5.41) is 0. The van der Waals surface area contributed by atoms with Crippen LogP contribution < -0.4 is 4.90 Å². The molecule has 27 heavy (non-hydrogen) atoms. The number of carbonyl (C=O) groups is 1. The molecule has 1 fully saturated rings. The predicted octanol–water partition coefficient (Wildman–Crippen LogP) is 3.26. The van der Waals surface area contributed by atoms with Gasteiger partial charge in [-0.05, 0) is 62.8 Å². The fraction of sp³-hybridized carbons (Fsp3) is 0.524. The first-order valence-corrected chi connectivity index (χ1v) is 9.85. The van der Waals surface area contributed by atoms with Crippen molar-refractivity contribution >= 4 is 11.9 Å². The van der Waals surface area contributed by atoms with Crippen LogP contribution in [-0.2, 0) is 6.42 Å². The summed E-state index contributed by atoms with van der Waals surface area (Å²) in [4.78, 5) is 30.2. The number of carbonyl (C=O) groups excluding carboxylic acids is 1. The molecular weight excluding hydrogens is 338 g/mol. The van der Waals surface area contributed by atoms with Crippen molar-refractivity contribution in [1.82, 2.24) is 19.9 Å². The van der Waals surface area contributed by atoms with Gasteiger partial charge in [0.25, 0.3) is 5.91 Å². The van der Waals surface area contributed by atoms with Gasteiger partial charge in [-0.2, -0.15) is 0 Å². The average Bonchev–Trinajstić information content (AvgIpc) is 2.71. The molecule has 2 aromatic rings. The van der Waals surface area contributed by atoms with Gasteiger partial charge in [0, 0.05) is 44.3 Å². The lowest BCUT2D eigenvalue weighted by molar-refractivity contribution is 0.0790. The predicted molar refractivity (Wildman–Crippen MR) is 107 cm³/mol. The summed E-state index contributed by atoms with van der Waals surface area (Å²) >= 11 is 0. The van der Waals surface area contributed by atoms with Crippen LogP contribution in [0.3, 0.4) is 0 Å². The lowest BCUT2D eigenvalue weighted by Crippen LogP contribution is -2.40. The maximum atomic E-state index is 12.9. The molecule has 1 saturated heterocycles. The Bertz CT molecular complexity index is 764. The van der Waals surface area contributed by atoms with Crippen LogP contribution >= 0.6 is 0 Å². The van der Waals surface area contributed by atoms with Crippen molar-refractivity contribution < 1.29 is 4.79 Å². The molecule has 0 radical (unpaired) electrons. The Hall–Kier alpha value is -2.50. The zero-order valence-corrected chi connectivity index (χ0v) is 16.6. The van der Waals surface area contributed by atoms with E-state index in [0.717, 1.165) is 31.5 Å². The maximum absolute atomic E-state index is 12.9. The van der Waals surface area contributed by atoms with Gasteiger partial charge in [-0.15, -0.1) is 0 Å². The smallest absolute Gasteiger partial charge is 0.272 e. The Morgan fingerprint density at radius 1 is 1.26 bits per heavy atom. The second-order valence-electron chi connectivity index (χ2n) is 7.28. The van der Waals surface area contributed by atoms with Crippen LogP contribution in [-0.4, -0.2) is 51.9 Å². The molecule has 144 valence electrons. The molecule has 1 atom stereocenters. The van der Waals surface area contributed by atoms with Crippen molar-refractivity contribution in [1.29, 1.82) is 0 Å². The van der Waals surface area contributed by atoms with Gasteiger partial charge in [0.05, 0.1) is 0 Å². The number of aromatic nitrogens is 3. The van der Waals surface area contributed by atoms with Crippen LogP contribution in [0.15, 0.2) is 30.6 Å². The zero-order valence-electron chi connectivity index (χ0n) is 16.6. The molecule has 0 spiro atoms. The lowest BCUT2D eigenvalue weighted by Gasteiger charge is -2.35.